The second-order valence-corrected chi connectivity index (χ2v) is 9.85. The van der Waals surface area contributed by atoms with Gasteiger partial charge in [0, 0.05) is 29.5 Å². The number of ether oxygens (including phenoxy) is 1. The molecule has 0 unspecified atom stereocenters. The number of hydrogen-bond acceptors (Lipinski definition) is 7. The molecule has 31 heavy (non-hydrogen) atoms. The molecule has 2 aliphatic heterocycles. The predicted octanol–water partition coefficient (Wildman–Crippen LogP) is 3.38. The van der Waals surface area contributed by atoms with E-state index in [0.29, 0.717) is 18.3 Å². The summed E-state index contributed by atoms with van der Waals surface area (Å²) in [4.78, 5) is 6.83. The largest absolute Gasteiger partial charge is 0.390 e. The van der Waals surface area contributed by atoms with Crippen molar-refractivity contribution in [3.63, 3.8) is 0 Å². The van der Waals surface area contributed by atoms with E-state index in [1.165, 1.54) is 22.5 Å². The lowest BCUT2D eigenvalue weighted by Crippen LogP contribution is -2.50. The Morgan fingerprint density at radius 2 is 2.23 bits per heavy atom. The molecule has 2 aliphatic rings. The van der Waals surface area contributed by atoms with E-state index < -0.39 is 0 Å². The van der Waals surface area contributed by atoms with Gasteiger partial charge in [0.1, 0.15) is 5.01 Å². The SMILES string of the molecule is C[C@H]1C[C@@]2(CCN1Cc1cn(Cc3nc(CO)cs3)nn1)OCCc1ccc(Cl)cc12. The highest BCUT2D eigenvalue weighted by Gasteiger charge is 2.43. The normalized spacial score (nSPS) is 23.9. The molecule has 4 heterocycles. The first-order valence-corrected chi connectivity index (χ1v) is 11.9. The Balaban J connectivity index is 1.25. The van der Waals surface area contributed by atoms with Gasteiger partial charge >= 0.3 is 0 Å². The Morgan fingerprint density at radius 3 is 3.03 bits per heavy atom. The van der Waals surface area contributed by atoms with Crippen LogP contribution >= 0.6 is 22.9 Å². The lowest BCUT2D eigenvalue weighted by Gasteiger charge is -2.48. The van der Waals surface area contributed by atoms with Crippen LogP contribution in [-0.4, -0.2) is 49.2 Å². The van der Waals surface area contributed by atoms with Crippen LogP contribution in [0.5, 0.6) is 0 Å². The molecule has 0 radical (unpaired) electrons. The van der Waals surface area contributed by atoms with Crippen LogP contribution in [0.2, 0.25) is 5.02 Å². The Morgan fingerprint density at radius 1 is 1.32 bits per heavy atom. The quantitative estimate of drug-likeness (QED) is 0.630. The first-order chi connectivity index (χ1) is 15.0. The third kappa shape index (κ3) is 4.27. The maximum atomic E-state index is 9.18. The van der Waals surface area contributed by atoms with Crippen molar-refractivity contribution in [1.29, 1.82) is 0 Å². The Labute approximate surface area is 190 Å². The molecule has 0 amide bonds. The number of hydrogen-bond donors (Lipinski definition) is 1. The average Bonchev–Trinajstić information content (AvgIpc) is 3.40. The summed E-state index contributed by atoms with van der Waals surface area (Å²) in [6.45, 7) is 5.27. The molecule has 1 spiro atoms. The average molecular weight is 460 g/mol. The molecule has 0 aliphatic carbocycles. The molecule has 7 nitrogen and oxygen atoms in total. The molecule has 2 aromatic heterocycles. The van der Waals surface area contributed by atoms with Gasteiger partial charge in [-0.25, -0.2) is 9.67 Å². The smallest absolute Gasteiger partial charge is 0.115 e. The summed E-state index contributed by atoms with van der Waals surface area (Å²) in [5, 5.41) is 21.4. The van der Waals surface area contributed by atoms with Crippen molar-refractivity contribution >= 4 is 22.9 Å². The van der Waals surface area contributed by atoms with E-state index in [9.17, 15) is 5.11 Å². The zero-order valence-corrected chi connectivity index (χ0v) is 19.1. The molecule has 3 aromatic rings. The summed E-state index contributed by atoms with van der Waals surface area (Å²) >= 11 is 7.85. The van der Waals surface area contributed by atoms with Crippen LogP contribution in [0.4, 0.5) is 0 Å². The summed E-state index contributed by atoms with van der Waals surface area (Å²) < 4.78 is 8.21. The maximum Gasteiger partial charge on any atom is 0.115 e. The number of halogens is 1. The summed E-state index contributed by atoms with van der Waals surface area (Å²) in [6.07, 6.45) is 4.83. The highest BCUT2D eigenvalue weighted by molar-refractivity contribution is 7.09. The van der Waals surface area contributed by atoms with Crippen LogP contribution in [0.15, 0.2) is 29.8 Å². The van der Waals surface area contributed by atoms with Crippen molar-refractivity contribution in [3.8, 4) is 0 Å². The van der Waals surface area contributed by atoms with Gasteiger partial charge in [0.25, 0.3) is 0 Å². The van der Waals surface area contributed by atoms with Crippen LogP contribution in [-0.2, 0) is 36.5 Å². The number of likely N-dealkylation sites (tertiary alicyclic amines) is 1. The standard InChI is InChI=1S/C22H26ClN5O2S/c1-15-9-22(20-8-17(23)3-2-16(20)4-7-30-22)5-6-27(15)10-18-11-28(26-25-18)12-21-24-19(13-29)14-31-21/h2-3,8,11,14-15,29H,4-7,9-10,12-13H2,1H3/t15-,22+/m0/s1. The van der Waals surface area contributed by atoms with Gasteiger partial charge in [-0.1, -0.05) is 22.9 Å². The molecule has 0 bridgehead atoms. The summed E-state index contributed by atoms with van der Waals surface area (Å²) in [5.74, 6) is 0. The van der Waals surface area contributed by atoms with Gasteiger partial charge in [-0.05, 0) is 49.4 Å². The van der Waals surface area contributed by atoms with Gasteiger partial charge in [-0.15, -0.1) is 16.4 Å². The monoisotopic (exact) mass is 459 g/mol. The highest BCUT2D eigenvalue weighted by atomic mass is 35.5. The summed E-state index contributed by atoms with van der Waals surface area (Å²) in [5.41, 5.74) is 4.06. The first kappa shape index (κ1) is 21.0. The fourth-order valence-electron chi connectivity index (χ4n) is 4.82. The minimum atomic E-state index is -0.235. The second-order valence-electron chi connectivity index (χ2n) is 8.47. The van der Waals surface area contributed by atoms with Crippen LogP contribution < -0.4 is 0 Å². The van der Waals surface area contributed by atoms with Crippen molar-refractivity contribution in [1.82, 2.24) is 24.9 Å². The number of aliphatic hydroxyl groups is 1. The Bertz CT molecular complexity index is 1070. The fourth-order valence-corrected chi connectivity index (χ4v) is 5.77. The third-order valence-corrected chi connectivity index (χ3v) is 7.49. The molecule has 164 valence electrons. The van der Waals surface area contributed by atoms with Crippen molar-refractivity contribution in [2.75, 3.05) is 13.2 Å². The van der Waals surface area contributed by atoms with E-state index >= 15 is 0 Å². The zero-order chi connectivity index (χ0) is 21.4. The molecule has 5 rings (SSSR count). The van der Waals surface area contributed by atoms with Gasteiger partial charge in [0.2, 0.25) is 0 Å². The van der Waals surface area contributed by atoms with Crippen molar-refractivity contribution in [2.24, 2.45) is 0 Å². The summed E-state index contributed by atoms with van der Waals surface area (Å²) in [6, 6.07) is 6.60. The van der Waals surface area contributed by atoms with Crippen molar-refractivity contribution < 1.29 is 9.84 Å². The number of aromatic nitrogens is 4. The van der Waals surface area contributed by atoms with Gasteiger partial charge in [0.05, 0.1) is 42.9 Å². The minimum Gasteiger partial charge on any atom is -0.390 e. The Kier molecular flexibility index (Phi) is 5.83. The van der Waals surface area contributed by atoms with E-state index in [2.05, 4.69) is 39.3 Å². The first-order valence-electron chi connectivity index (χ1n) is 10.6. The van der Waals surface area contributed by atoms with Gasteiger partial charge in [0.15, 0.2) is 0 Å². The Hall–Kier alpha value is -1.84. The van der Waals surface area contributed by atoms with E-state index in [-0.39, 0.29) is 12.2 Å². The zero-order valence-electron chi connectivity index (χ0n) is 17.5. The molecule has 0 saturated carbocycles. The highest BCUT2D eigenvalue weighted by Crippen LogP contribution is 2.44. The third-order valence-electron chi connectivity index (χ3n) is 6.37. The van der Waals surface area contributed by atoms with Crippen LogP contribution in [0.3, 0.4) is 0 Å². The summed E-state index contributed by atoms with van der Waals surface area (Å²) in [7, 11) is 0. The van der Waals surface area contributed by atoms with E-state index in [0.717, 1.165) is 54.7 Å². The van der Waals surface area contributed by atoms with Crippen LogP contribution in [0, 0.1) is 0 Å². The molecular weight excluding hydrogens is 434 g/mol. The molecule has 1 aromatic carbocycles. The predicted molar refractivity (Wildman–Crippen MR) is 119 cm³/mol. The fraction of sp³-hybridized carbons (Fsp3) is 0.500. The van der Waals surface area contributed by atoms with Gasteiger partial charge in [-0.2, -0.15) is 0 Å². The number of aliphatic hydroxyl groups excluding tert-OH is 1. The minimum absolute atomic E-state index is 0.0339. The molecule has 2 atom stereocenters. The van der Waals surface area contributed by atoms with Crippen LogP contribution in [0.25, 0.3) is 0 Å². The molecule has 1 N–H and O–H groups in total. The molecule has 1 saturated heterocycles. The molecule has 1 fully saturated rings. The molecular formula is C22H26ClN5O2S. The van der Waals surface area contributed by atoms with Gasteiger partial charge in [-0.3, -0.25) is 4.90 Å². The lowest BCUT2D eigenvalue weighted by molar-refractivity contribution is -0.113. The number of rotatable bonds is 5. The number of thiazole rings is 1. The lowest BCUT2D eigenvalue weighted by atomic mass is 9.77. The van der Waals surface area contributed by atoms with E-state index in [1.54, 1.807) is 0 Å². The van der Waals surface area contributed by atoms with Gasteiger partial charge < -0.3 is 9.84 Å². The number of benzene rings is 1. The molecule has 9 heteroatoms. The van der Waals surface area contributed by atoms with E-state index in [4.69, 9.17) is 16.3 Å². The number of nitrogens with zero attached hydrogens (tertiary/aromatic N) is 5. The topological polar surface area (TPSA) is 76.3 Å². The number of fused-ring (bicyclic) bond motifs is 2. The second kappa shape index (κ2) is 8.60. The number of piperidine rings is 1. The maximum absolute atomic E-state index is 9.18. The van der Waals surface area contributed by atoms with E-state index in [1.807, 2.05) is 22.3 Å². The van der Waals surface area contributed by atoms with Crippen LogP contribution in [0.1, 0.15) is 47.3 Å². The van der Waals surface area contributed by atoms with Crippen molar-refractivity contribution in [3.05, 3.63) is 62.3 Å². The van der Waals surface area contributed by atoms with Crippen molar-refractivity contribution in [2.45, 2.75) is 57.5 Å².